The molecule has 0 radical (unpaired) electrons. The first kappa shape index (κ1) is 19.4. The third-order valence-electron chi connectivity index (χ3n) is 3.19. The Bertz CT molecular complexity index is 207. The van der Waals surface area contributed by atoms with Crippen molar-refractivity contribution >= 4 is 5.97 Å². The maximum Gasteiger partial charge on any atom is 0.303 e. The number of ether oxygens (including phenoxy) is 2. The monoisotopic (exact) mass is 288 g/mol. The molecule has 0 aliphatic rings. The number of rotatable bonds is 16. The Kier molecular flexibility index (Phi) is 15.9. The first-order valence-electron chi connectivity index (χ1n) is 8.14. The van der Waals surface area contributed by atoms with E-state index in [1.54, 1.807) is 0 Å². The molecule has 0 aromatic carbocycles. The number of carbonyl (C=O) groups is 1. The summed E-state index contributed by atoms with van der Waals surface area (Å²) >= 11 is 0. The second-order valence-electron chi connectivity index (χ2n) is 5.20. The maximum atomic E-state index is 10.3. The molecule has 0 spiro atoms. The summed E-state index contributed by atoms with van der Waals surface area (Å²) in [7, 11) is 0. The molecule has 0 amide bonds. The average Bonchev–Trinajstić information content (AvgIpc) is 2.43. The summed E-state index contributed by atoms with van der Waals surface area (Å²) in [5.41, 5.74) is 0. The van der Waals surface area contributed by atoms with Crippen molar-refractivity contribution in [2.75, 3.05) is 26.4 Å². The van der Waals surface area contributed by atoms with Crippen LogP contribution >= 0.6 is 0 Å². The zero-order chi connectivity index (χ0) is 14.9. The molecule has 0 fully saturated rings. The summed E-state index contributed by atoms with van der Waals surface area (Å²) in [6, 6.07) is 0. The fraction of sp³-hybridized carbons (Fsp3) is 0.938. The van der Waals surface area contributed by atoms with Gasteiger partial charge in [0.25, 0.3) is 0 Å². The number of carboxylic acid groups (broad SMARTS) is 1. The molecule has 0 saturated heterocycles. The van der Waals surface area contributed by atoms with E-state index in [1.165, 1.54) is 25.7 Å². The second-order valence-corrected chi connectivity index (χ2v) is 5.20. The van der Waals surface area contributed by atoms with Gasteiger partial charge in [0.2, 0.25) is 0 Å². The van der Waals surface area contributed by atoms with Crippen LogP contribution in [0.4, 0.5) is 0 Å². The molecule has 20 heavy (non-hydrogen) atoms. The normalized spacial score (nSPS) is 10.8. The molecule has 0 aliphatic carbocycles. The van der Waals surface area contributed by atoms with Crippen molar-refractivity contribution in [3.05, 3.63) is 0 Å². The first-order chi connectivity index (χ1) is 9.77. The van der Waals surface area contributed by atoms with Crippen molar-refractivity contribution in [1.29, 1.82) is 0 Å². The van der Waals surface area contributed by atoms with Gasteiger partial charge in [-0.25, -0.2) is 0 Å². The van der Waals surface area contributed by atoms with Gasteiger partial charge in [0.1, 0.15) is 0 Å². The SMILES string of the molecule is CCCCCOCCOCCCCCCCCC(=O)O. The van der Waals surface area contributed by atoms with Crippen molar-refractivity contribution in [3.63, 3.8) is 0 Å². The van der Waals surface area contributed by atoms with Crippen LogP contribution in [-0.4, -0.2) is 37.5 Å². The first-order valence-corrected chi connectivity index (χ1v) is 8.14. The van der Waals surface area contributed by atoms with E-state index in [9.17, 15) is 4.79 Å². The van der Waals surface area contributed by atoms with E-state index in [0.717, 1.165) is 45.3 Å². The van der Waals surface area contributed by atoms with Crippen molar-refractivity contribution < 1.29 is 19.4 Å². The van der Waals surface area contributed by atoms with Gasteiger partial charge in [-0.1, -0.05) is 45.4 Å². The van der Waals surface area contributed by atoms with Crippen LogP contribution in [0.15, 0.2) is 0 Å². The molecule has 0 heterocycles. The van der Waals surface area contributed by atoms with E-state index in [1.807, 2.05) is 0 Å². The average molecular weight is 288 g/mol. The van der Waals surface area contributed by atoms with Crippen molar-refractivity contribution in [2.45, 2.75) is 71.1 Å². The molecule has 4 heteroatoms. The summed E-state index contributed by atoms with van der Waals surface area (Å²) in [4.78, 5) is 10.3. The summed E-state index contributed by atoms with van der Waals surface area (Å²) in [6.45, 7) is 5.26. The second kappa shape index (κ2) is 16.4. The largest absolute Gasteiger partial charge is 0.481 e. The van der Waals surface area contributed by atoms with Gasteiger partial charge in [0, 0.05) is 19.6 Å². The lowest BCUT2D eigenvalue weighted by Gasteiger charge is -2.05. The number of hydrogen-bond acceptors (Lipinski definition) is 3. The Labute approximate surface area is 123 Å². The zero-order valence-electron chi connectivity index (χ0n) is 13.1. The van der Waals surface area contributed by atoms with Crippen LogP contribution in [0.3, 0.4) is 0 Å². The van der Waals surface area contributed by atoms with E-state index < -0.39 is 5.97 Å². The number of unbranched alkanes of at least 4 members (excludes halogenated alkanes) is 7. The Morgan fingerprint density at radius 1 is 0.750 bits per heavy atom. The highest BCUT2D eigenvalue weighted by Crippen LogP contribution is 2.07. The van der Waals surface area contributed by atoms with Gasteiger partial charge < -0.3 is 14.6 Å². The van der Waals surface area contributed by atoms with E-state index >= 15 is 0 Å². The van der Waals surface area contributed by atoms with Gasteiger partial charge in [0.05, 0.1) is 13.2 Å². The molecule has 0 aromatic heterocycles. The number of hydrogen-bond donors (Lipinski definition) is 1. The van der Waals surface area contributed by atoms with Crippen LogP contribution in [0.2, 0.25) is 0 Å². The third kappa shape index (κ3) is 17.4. The minimum Gasteiger partial charge on any atom is -0.481 e. The Hall–Kier alpha value is -0.610. The summed E-state index contributed by atoms with van der Waals surface area (Å²) in [5.74, 6) is -0.685. The minimum absolute atomic E-state index is 0.307. The summed E-state index contributed by atoms with van der Waals surface area (Å²) in [6.07, 6.45) is 10.3. The lowest BCUT2D eigenvalue weighted by molar-refractivity contribution is -0.137. The molecule has 0 rings (SSSR count). The van der Waals surface area contributed by atoms with Crippen molar-refractivity contribution in [3.8, 4) is 0 Å². The third-order valence-corrected chi connectivity index (χ3v) is 3.19. The maximum absolute atomic E-state index is 10.3. The Balaban J connectivity index is 2.94. The number of carboxylic acids is 1. The van der Waals surface area contributed by atoms with Crippen LogP contribution in [0.5, 0.6) is 0 Å². The highest BCUT2D eigenvalue weighted by Gasteiger charge is 1.96. The van der Waals surface area contributed by atoms with Crippen LogP contribution < -0.4 is 0 Å². The summed E-state index contributed by atoms with van der Waals surface area (Å²) in [5, 5.41) is 8.49. The van der Waals surface area contributed by atoms with Gasteiger partial charge in [-0.05, 0) is 19.3 Å². The van der Waals surface area contributed by atoms with Crippen LogP contribution in [0, 0.1) is 0 Å². The molecule has 0 unspecified atom stereocenters. The van der Waals surface area contributed by atoms with Crippen LogP contribution in [0.1, 0.15) is 71.1 Å². The zero-order valence-corrected chi connectivity index (χ0v) is 13.1. The lowest BCUT2D eigenvalue weighted by atomic mass is 10.1. The van der Waals surface area contributed by atoms with E-state index in [2.05, 4.69) is 6.92 Å². The molecule has 0 atom stereocenters. The highest BCUT2D eigenvalue weighted by molar-refractivity contribution is 5.66. The fourth-order valence-corrected chi connectivity index (χ4v) is 1.96. The molecule has 120 valence electrons. The van der Waals surface area contributed by atoms with Crippen molar-refractivity contribution in [1.82, 2.24) is 0 Å². The van der Waals surface area contributed by atoms with Gasteiger partial charge in [-0.3, -0.25) is 4.79 Å². The predicted octanol–water partition coefficient (Wildman–Crippen LogP) is 4.03. The Morgan fingerprint density at radius 2 is 1.25 bits per heavy atom. The molecule has 0 aliphatic heterocycles. The topological polar surface area (TPSA) is 55.8 Å². The summed E-state index contributed by atoms with van der Waals surface area (Å²) < 4.78 is 11.0. The van der Waals surface area contributed by atoms with Crippen LogP contribution in [-0.2, 0) is 14.3 Å². The van der Waals surface area contributed by atoms with E-state index in [-0.39, 0.29) is 0 Å². The lowest BCUT2D eigenvalue weighted by Crippen LogP contribution is -2.06. The molecule has 1 N–H and O–H groups in total. The molecule has 0 saturated carbocycles. The molecule has 0 aromatic rings. The van der Waals surface area contributed by atoms with Gasteiger partial charge >= 0.3 is 5.97 Å². The molecule has 0 bridgehead atoms. The predicted molar refractivity (Wildman–Crippen MR) is 81.1 cm³/mol. The van der Waals surface area contributed by atoms with Crippen LogP contribution in [0.25, 0.3) is 0 Å². The van der Waals surface area contributed by atoms with Gasteiger partial charge in [-0.15, -0.1) is 0 Å². The Morgan fingerprint density at radius 3 is 1.80 bits per heavy atom. The number of aliphatic carboxylic acids is 1. The molecular formula is C16H32O4. The smallest absolute Gasteiger partial charge is 0.303 e. The van der Waals surface area contributed by atoms with Gasteiger partial charge in [0.15, 0.2) is 0 Å². The minimum atomic E-state index is -0.685. The highest BCUT2D eigenvalue weighted by atomic mass is 16.5. The van der Waals surface area contributed by atoms with Crippen molar-refractivity contribution in [2.24, 2.45) is 0 Å². The van der Waals surface area contributed by atoms with E-state index in [4.69, 9.17) is 14.6 Å². The molecule has 4 nitrogen and oxygen atoms in total. The quantitative estimate of drug-likeness (QED) is 0.436. The van der Waals surface area contributed by atoms with Gasteiger partial charge in [-0.2, -0.15) is 0 Å². The fourth-order valence-electron chi connectivity index (χ4n) is 1.96. The standard InChI is InChI=1S/C16H32O4/c1-2-3-9-12-19-14-15-20-13-10-7-5-4-6-8-11-16(17)18/h2-15H2,1H3,(H,17,18). The molecular weight excluding hydrogens is 256 g/mol. The van der Waals surface area contributed by atoms with E-state index in [0.29, 0.717) is 19.6 Å².